The lowest BCUT2D eigenvalue weighted by Crippen LogP contribution is -2.35. The van der Waals surface area contributed by atoms with E-state index in [4.69, 9.17) is 9.47 Å². The van der Waals surface area contributed by atoms with Crippen molar-refractivity contribution in [3.63, 3.8) is 0 Å². The number of nitrogens with zero attached hydrogens (tertiary/aromatic N) is 1. The molecule has 2 aromatic rings. The third kappa shape index (κ3) is 3.90. The molecule has 2 aromatic carbocycles. The summed E-state index contributed by atoms with van der Waals surface area (Å²) in [5.74, 6) is 0.478. The van der Waals surface area contributed by atoms with Gasteiger partial charge in [-0.25, -0.2) is 4.79 Å². The van der Waals surface area contributed by atoms with Gasteiger partial charge < -0.3 is 20.1 Å². The highest BCUT2D eigenvalue weighted by Crippen LogP contribution is 2.29. The van der Waals surface area contributed by atoms with E-state index in [9.17, 15) is 14.4 Å². The minimum atomic E-state index is -0.394. The molecule has 0 unspecified atom stereocenters. The van der Waals surface area contributed by atoms with Gasteiger partial charge >= 0.3 is 6.03 Å². The summed E-state index contributed by atoms with van der Waals surface area (Å²) in [6.45, 7) is 0.551. The molecule has 8 heteroatoms. The van der Waals surface area contributed by atoms with Gasteiger partial charge in [-0.3, -0.25) is 14.5 Å². The number of imide groups is 1. The van der Waals surface area contributed by atoms with Crippen LogP contribution >= 0.6 is 0 Å². The van der Waals surface area contributed by atoms with Gasteiger partial charge in [0.25, 0.3) is 11.8 Å². The Hall–Kier alpha value is -3.55. The van der Waals surface area contributed by atoms with Crippen molar-refractivity contribution < 1.29 is 23.9 Å². The van der Waals surface area contributed by atoms with Gasteiger partial charge in [-0.2, -0.15) is 0 Å². The average Bonchev–Trinajstić information content (AvgIpc) is 2.96. The lowest BCUT2D eigenvalue weighted by Gasteiger charge is -2.14. The zero-order valence-electron chi connectivity index (χ0n) is 15.7. The summed E-state index contributed by atoms with van der Waals surface area (Å²) in [5, 5.41) is 5.40. The molecule has 2 N–H and O–H groups in total. The predicted molar refractivity (Wildman–Crippen MR) is 103 cm³/mol. The summed E-state index contributed by atoms with van der Waals surface area (Å²) in [7, 11) is 3.05. The van der Waals surface area contributed by atoms with E-state index in [2.05, 4.69) is 10.6 Å². The Morgan fingerprint density at radius 2 is 1.61 bits per heavy atom. The molecule has 0 radical (unpaired) electrons. The van der Waals surface area contributed by atoms with Crippen molar-refractivity contribution in [3.05, 3.63) is 53.6 Å². The van der Waals surface area contributed by atoms with E-state index >= 15 is 0 Å². The second-order valence-corrected chi connectivity index (χ2v) is 6.11. The Labute approximate surface area is 162 Å². The Morgan fingerprint density at radius 3 is 2.21 bits per heavy atom. The largest absolute Gasteiger partial charge is 0.493 e. The highest BCUT2D eigenvalue weighted by atomic mass is 16.5. The smallest absolute Gasteiger partial charge is 0.319 e. The van der Waals surface area contributed by atoms with Crippen LogP contribution in [-0.4, -0.2) is 50.1 Å². The van der Waals surface area contributed by atoms with Gasteiger partial charge in [0.1, 0.15) is 0 Å². The maximum atomic E-state index is 12.3. The van der Waals surface area contributed by atoms with Crippen molar-refractivity contribution in [3.8, 4) is 11.5 Å². The maximum absolute atomic E-state index is 12.3. The van der Waals surface area contributed by atoms with Crippen molar-refractivity contribution in [2.45, 2.75) is 6.42 Å². The van der Waals surface area contributed by atoms with E-state index < -0.39 is 6.03 Å². The average molecular weight is 383 g/mol. The third-order valence-electron chi connectivity index (χ3n) is 4.36. The van der Waals surface area contributed by atoms with Crippen LogP contribution in [0.3, 0.4) is 0 Å². The first-order chi connectivity index (χ1) is 13.5. The molecule has 146 valence electrons. The van der Waals surface area contributed by atoms with Gasteiger partial charge in [-0.15, -0.1) is 0 Å². The summed E-state index contributed by atoms with van der Waals surface area (Å²) >= 11 is 0. The van der Waals surface area contributed by atoms with Crippen LogP contribution in [0, 0.1) is 0 Å². The van der Waals surface area contributed by atoms with Crippen LogP contribution in [0.4, 0.5) is 10.5 Å². The van der Waals surface area contributed by atoms with Gasteiger partial charge in [0.15, 0.2) is 11.5 Å². The highest BCUT2D eigenvalue weighted by molar-refractivity contribution is 6.21. The molecule has 28 heavy (non-hydrogen) atoms. The normalized spacial score (nSPS) is 12.6. The molecule has 8 nitrogen and oxygen atoms in total. The van der Waals surface area contributed by atoms with Gasteiger partial charge in [0, 0.05) is 24.8 Å². The quantitative estimate of drug-likeness (QED) is 0.566. The van der Waals surface area contributed by atoms with Gasteiger partial charge in [-0.05, 0) is 30.7 Å². The Kier molecular flexibility index (Phi) is 5.78. The molecule has 1 aliphatic rings. The van der Waals surface area contributed by atoms with Crippen LogP contribution in [0.25, 0.3) is 0 Å². The first kappa shape index (κ1) is 19.2. The fourth-order valence-electron chi connectivity index (χ4n) is 2.97. The number of urea groups is 1. The number of hydrogen-bond acceptors (Lipinski definition) is 5. The number of amides is 4. The number of benzene rings is 2. The molecule has 0 fully saturated rings. The number of anilines is 1. The molecule has 0 spiro atoms. The molecule has 0 saturated heterocycles. The third-order valence-corrected chi connectivity index (χ3v) is 4.36. The Bertz CT molecular complexity index is 877. The Balaban J connectivity index is 1.46. The van der Waals surface area contributed by atoms with Crippen LogP contribution in [0.5, 0.6) is 11.5 Å². The first-order valence-corrected chi connectivity index (χ1v) is 8.77. The summed E-state index contributed by atoms with van der Waals surface area (Å²) in [4.78, 5) is 37.8. The van der Waals surface area contributed by atoms with Crippen molar-refractivity contribution >= 4 is 23.5 Å². The van der Waals surface area contributed by atoms with Crippen molar-refractivity contribution in [1.82, 2.24) is 10.2 Å². The van der Waals surface area contributed by atoms with Gasteiger partial charge in [-0.1, -0.05) is 12.1 Å². The van der Waals surface area contributed by atoms with E-state index in [1.54, 1.807) is 42.5 Å². The lowest BCUT2D eigenvalue weighted by molar-refractivity contribution is 0.0653. The van der Waals surface area contributed by atoms with E-state index in [0.29, 0.717) is 41.3 Å². The molecule has 4 amide bonds. The standard InChI is InChI=1S/C20H21N3O5/c1-27-16-9-8-13(12-17(16)28-2)22-20(26)21-10-5-11-23-18(24)14-6-3-4-7-15(14)19(23)25/h3-4,6-9,12H,5,10-11H2,1-2H3,(H2,21,22,26). The molecule has 0 aliphatic carbocycles. The number of ether oxygens (including phenoxy) is 2. The molecular weight excluding hydrogens is 362 g/mol. The zero-order chi connectivity index (χ0) is 20.1. The van der Waals surface area contributed by atoms with E-state index in [-0.39, 0.29) is 18.4 Å². The number of carbonyl (C=O) groups is 3. The molecule has 0 aromatic heterocycles. The molecule has 3 rings (SSSR count). The van der Waals surface area contributed by atoms with E-state index in [1.807, 2.05) is 0 Å². The van der Waals surface area contributed by atoms with E-state index in [1.165, 1.54) is 19.1 Å². The fraction of sp³-hybridized carbons (Fsp3) is 0.250. The minimum absolute atomic E-state index is 0.239. The second kappa shape index (κ2) is 8.43. The van der Waals surface area contributed by atoms with Crippen molar-refractivity contribution in [1.29, 1.82) is 0 Å². The predicted octanol–water partition coefficient (Wildman–Crippen LogP) is 2.51. The summed E-state index contributed by atoms with van der Waals surface area (Å²) < 4.78 is 10.3. The van der Waals surface area contributed by atoms with Crippen LogP contribution in [0.1, 0.15) is 27.1 Å². The lowest BCUT2D eigenvalue weighted by atomic mass is 10.1. The van der Waals surface area contributed by atoms with Crippen LogP contribution in [0.2, 0.25) is 0 Å². The number of rotatable bonds is 7. The van der Waals surface area contributed by atoms with Crippen LogP contribution in [-0.2, 0) is 0 Å². The number of nitrogens with one attached hydrogen (secondary N) is 2. The SMILES string of the molecule is COc1ccc(NC(=O)NCCCN2C(=O)c3ccccc3C2=O)cc1OC. The fourth-order valence-corrected chi connectivity index (χ4v) is 2.97. The minimum Gasteiger partial charge on any atom is -0.493 e. The monoisotopic (exact) mass is 383 g/mol. The summed E-state index contributed by atoms with van der Waals surface area (Å²) in [6, 6.07) is 11.4. The molecule has 0 saturated carbocycles. The summed E-state index contributed by atoms with van der Waals surface area (Å²) in [5.41, 5.74) is 1.40. The van der Waals surface area contributed by atoms with Gasteiger partial charge in [0.2, 0.25) is 0 Å². The molecule has 1 heterocycles. The Morgan fingerprint density at radius 1 is 0.964 bits per heavy atom. The van der Waals surface area contributed by atoms with Crippen LogP contribution in [0.15, 0.2) is 42.5 Å². The first-order valence-electron chi connectivity index (χ1n) is 8.77. The number of hydrogen-bond donors (Lipinski definition) is 2. The van der Waals surface area contributed by atoms with Crippen LogP contribution < -0.4 is 20.1 Å². The zero-order valence-corrected chi connectivity index (χ0v) is 15.7. The molecular formula is C20H21N3O5. The number of methoxy groups -OCH3 is 2. The number of carbonyl (C=O) groups excluding carboxylic acids is 3. The van der Waals surface area contributed by atoms with Crippen molar-refractivity contribution in [2.24, 2.45) is 0 Å². The molecule has 0 bridgehead atoms. The molecule has 1 aliphatic heterocycles. The highest BCUT2D eigenvalue weighted by Gasteiger charge is 2.34. The maximum Gasteiger partial charge on any atom is 0.319 e. The van der Waals surface area contributed by atoms with E-state index in [0.717, 1.165) is 0 Å². The van der Waals surface area contributed by atoms with Gasteiger partial charge in [0.05, 0.1) is 25.3 Å². The topological polar surface area (TPSA) is 97.0 Å². The molecule has 0 atom stereocenters. The number of fused-ring (bicyclic) bond motifs is 1. The van der Waals surface area contributed by atoms with Crippen molar-refractivity contribution in [2.75, 3.05) is 32.6 Å². The summed E-state index contributed by atoms with van der Waals surface area (Å²) in [6.07, 6.45) is 0.449. The second-order valence-electron chi connectivity index (χ2n) is 6.11.